The molecular weight excluding hydrogens is 334 g/mol. The topological polar surface area (TPSA) is 29.0 Å². The molecule has 1 saturated heterocycles. The minimum absolute atomic E-state index is 0.0609. The Morgan fingerprint density at radius 1 is 1.12 bits per heavy atom. The molecule has 24 heavy (non-hydrogen) atoms. The zero-order valence-electron chi connectivity index (χ0n) is 13.8. The average Bonchev–Trinajstić information content (AvgIpc) is 3.29. The molecule has 3 nitrogen and oxygen atoms in total. The summed E-state index contributed by atoms with van der Waals surface area (Å²) in [5, 5.41) is 6.70. The summed E-state index contributed by atoms with van der Waals surface area (Å²) in [5.74, 6) is 0. The van der Waals surface area contributed by atoms with E-state index in [-0.39, 0.29) is 5.41 Å². The molecular formula is C19H21N3S2. The van der Waals surface area contributed by atoms with Gasteiger partial charge in [-0.2, -0.15) is 0 Å². The molecule has 5 heteroatoms. The van der Waals surface area contributed by atoms with Crippen molar-refractivity contribution >= 4 is 22.7 Å². The van der Waals surface area contributed by atoms with E-state index >= 15 is 0 Å². The minimum atomic E-state index is 0.0609. The maximum Gasteiger partial charge on any atom is 0.107 e. The van der Waals surface area contributed by atoms with Crippen molar-refractivity contribution in [3.8, 4) is 0 Å². The number of benzene rings is 1. The van der Waals surface area contributed by atoms with Crippen LogP contribution in [0, 0.1) is 6.92 Å². The van der Waals surface area contributed by atoms with E-state index in [1.165, 1.54) is 16.3 Å². The highest BCUT2D eigenvalue weighted by molar-refractivity contribution is 7.09. The first-order chi connectivity index (χ1) is 11.8. The zero-order valence-corrected chi connectivity index (χ0v) is 15.4. The van der Waals surface area contributed by atoms with Crippen LogP contribution in [-0.2, 0) is 12.0 Å². The van der Waals surface area contributed by atoms with Crippen LogP contribution in [0.1, 0.15) is 34.1 Å². The molecule has 0 unspecified atom stereocenters. The van der Waals surface area contributed by atoms with Crippen LogP contribution in [0.4, 0.5) is 0 Å². The Bertz CT molecular complexity index is 772. The van der Waals surface area contributed by atoms with E-state index in [1.54, 1.807) is 22.7 Å². The van der Waals surface area contributed by atoms with Gasteiger partial charge in [0.1, 0.15) is 5.01 Å². The highest BCUT2D eigenvalue weighted by Gasteiger charge is 2.39. The van der Waals surface area contributed by atoms with Crippen LogP contribution in [0.15, 0.2) is 47.3 Å². The standard InChI is InChI=1S/C19H21N3S2/c1-15-21-17(14-24-15)19(16-5-3-2-4-6-16)7-10-22(11-8-19)13-18-20-9-12-23-18/h2-6,9,12,14H,7-8,10-11,13H2,1H3. The number of thiazole rings is 2. The Labute approximate surface area is 151 Å². The van der Waals surface area contributed by atoms with Crippen molar-refractivity contribution in [3.05, 3.63) is 68.6 Å². The van der Waals surface area contributed by atoms with Crippen molar-refractivity contribution in [2.24, 2.45) is 0 Å². The summed E-state index contributed by atoms with van der Waals surface area (Å²) in [6.45, 7) is 5.25. The van der Waals surface area contributed by atoms with Gasteiger partial charge in [-0.1, -0.05) is 30.3 Å². The average molecular weight is 356 g/mol. The number of likely N-dealkylation sites (tertiary alicyclic amines) is 1. The molecule has 0 amide bonds. The lowest BCUT2D eigenvalue weighted by Crippen LogP contribution is -2.43. The monoisotopic (exact) mass is 355 g/mol. The van der Waals surface area contributed by atoms with Crippen LogP contribution in [0.3, 0.4) is 0 Å². The van der Waals surface area contributed by atoms with Crippen LogP contribution in [0.5, 0.6) is 0 Å². The van der Waals surface area contributed by atoms with Crippen LogP contribution in [0.25, 0.3) is 0 Å². The molecule has 1 fully saturated rings. The minimum Gasteiger partial charge on any atom is -0.297 e. The molecule has 0 spiro atoms. The van der Waals surface area contributed by atoms with Crippen molar-refractivity contribution in [2.75, 3.05) is 13.1 Å². The van der Waals surface area contributed by atoms with Gasteiger partial charge in [0.25, 0.3) is 0 Å². The lowest BCUT2D eigenvalue weighted by atomic mass is 9.70. The first-order valence-corrected chi connectivity index (χ1v) is 10.1. The summed E-state index contributed by atoms with van der Waals surface area (Å²) < 4.78 is 0. The van der Waals surface area contributed by atoms with E-state index in [2.05, 4.69) is 57.9 Å². The molecule has 3 aromatic rings. The van der Waals surface area contributed by atoms with Gasteiger partial charge in [0.2, 0.25) is 0 Å². The van der Waals surface area contributed by atoms with Gasteiger partial charge in [-0.15, -0.1) is 22.7 Å². The highest BCUT2D eigenvalue weighted by atomic mass is 32.1. The second-order valence-electron chi connectivity index (χ2n) is 6.40. The van der Waals surface area contributed by atoms with E-state index in [1.807, 2.05) is 6.20 Å². The van der Waals surface area contributed by atoms with E-state index in [4.69, 9.17) is 4.98 Å². The van der Waals surface area contributed by atoms with Gasteiger partial charge in [-0.3, -0.25) is 4.90 Å². The van der Waals surface area contributed by atoms with Crippen molar-refractivity contribution in [2.45, 2.75) is 31.7 Å². The number of aromatic nitrogens is 2. The Morgan fingerprint density at radius 3 is 2.54 bits per heavy atom. The lowest BCUT2D eigenvalue weighted by Gasteiger charge is -2.41. The number of hydrogen-bond acceptors (Lipinski definition) is 5. The third-order valence-electron chi connectivity index (χ3n) is 4.99. The Hall–Kier alpha value is -1.56. The fourth-order valence-corrected chi connectivity index (χ4v) is 5.02. The van der Waals surface area contributed by atoms with Gasteiger partial charge >= 0.3 is 0 Å². The fraction of sp³-hybridized carbons (Fsp3) is 0.368. The summed E-state index contributed by atoms with van der Waals surface area (Å²) in [6, 6.07) is 10.9. The quantitative estimate of drug-likeness (QED) is 0.690. The van der Waals surface area contributed by atoms with Crippen molar-refractivity contribution in [1.82, 2.24) is 14.9 Å². The van der Waals surface area contributed by atoms with Gasteiger partial charge < -0.3 is 0 Å². The van der Waals surface area contributed by atoms with E-state index in [9.17, 15) is 0 Å². The summed E-state index contributed by atoms with van der Waals surface area (Å²) in [7, 11) is 0. The van der Waals surface area contributed by atoms with Crippen LogP contribution in [-0.4, -0.2) is 28.0 Å². The molecule has 0 radical (unpaired) electrons. The lowest BCUT2D eigenvalue weighted by molar-refractivity contribution is 0.170. The first-order valence-electron chi connectivity index (χ1n) is 8.35. The summed E-state index contributed by atoms with van der Waals surface area (Å²) >= 11 is 3.51. The smallest absolute Gasteiger partial charge is 0.107 e. The van der Waals surface area contributed by atoms with Crippen molar-refractivity contribution < 1.29 is 0 Å². The van der Waals surface area contributed by atoms with Gasteiger partial charge in [-0.25, -0.2) is 9.97 Å². The van der Waals surface area contributed by atoms with Gasteiger partial charge in [0.05, 0.1) is 17.2 Å². The molecule has 1 aromatic carbocycles. The first kappa shape index (κ1) is 15.9. The van der Waals surface area contributed by atoms with Crippen LogP contribution >= 0.6 is 22.7 Å². The summed E-state index contributed by atoms with van der Waals surface area (Å²) in [6.07, 6.45) is 4.13. The summed E-state index contributed by atoms with van der Waals surface area (Å²) in [4.78, 5) is 11.8. The van der Waals surface area contributed by atoms with Gasteiger partial charge in [0, 0.05) is 22.4 Å². The molecule has 1 aliphatic heterocycles. The number of rotatable bonds is 4. The van der Waals surface area contributed by atoms with Crippen molar-refractivity contribution in [3.63, 3.8) is 0 Å². The zero-order chi connectivity index (χ0) is 16.4. The van der Waals surface area contributed by atoms with Gasteiger partial charge in [0.15, 0.2) is 0 Å². The molecule has 0 aliphatic carbocycles. The third-order valence-corrected chi connectivity index (χ3v) is 6.53. The number of hydrogen-bond donors (Lipinski definition) is 0. The van der Waals surface area contributed by atoms with Crippen LogP contribution in [0.2, 0.25) is 0 Å². The van der Waals surface area contributed by atoms with Crippen LogP contribution < -0.4 is 0 Å². The molecule has 0 bridgehead atoms. The van der Waals surface area contributed by atoms with E-state index in [0.29, 0.717) is 0 Å². The molecule has 2 aromatic heterocycles. The van der Waals surface area contributed by atoms with Gasteiger partial charge in [-0.05, 0) is 38.4 Å². The molecule has 0 saturated carbocycles. The predicted molar refractivity (Wildman–Crippen MR) is 101 cm³/mol. The molecule has 0 N–H and O–H groups in total. The largest absolute Gasteiger partial charge is 0.297 e. The Kier molecular flexibility index (Phi) is 4.48. The number of piperidine rings is 1. The van der Waals surface area contributed by atoms with Crippen molar-refractivity contribution in [1.29, 1.82) is 0 Å². The second-order valence-corrected chi connectivity index (χ2v) is 8.44. The highest BCUT2D eigenvalue weighted by Crippen LogP contribution is 2.42. The molecule has 0 atom stereocenters. The van der Waals surface area contributed by atoms with E-state index < -0.39 is 0 Å². The molecule has 124 valence electrons. The Morgan fingerprint density at radius 2 is 1.92 bits per heavy atom. The number of nitrogens with zero attached hydrogens (tertiary/aromatic N) is 3. The summed E-state index contributed by atoms with van der Waals surface area (Å²) in [5.41, 5.74) is 2.72. The maximum atomic E-state index is 4.87. The van der Waals surface area contributed by atoms with E-state index in [0.717, 1.165) is 37.5 Å². The number of aryl methyl sites for hydroxylation is 1. The maximum absolute atomic E-state index is 4.87. The molecule has 4 rings (SSSR count). The second kappa shape index (κ2) is 6.75. The fourth-order valence-electron chi connectivity index (χ4n) is 3.65. The normalized spacial score (nSPS) is 17.9. The molecule has 1 aliphatic rings. The molecule has 3 heterocycles. The predicted octanol–water partition coefficient (Wildman–Crippen LogP) is 4.49. The Balaban J connectivity index is 1.59. The SMILES string of the molecule is Cc1nc(C2(c3ccccc3)CCN(Cc3nccs3)CC2)cs1. The third kappa shape index (κ3) is 3.04.